The van der Waals surface area contributed by atoms with Gasteiger partial charge < -0.3 is 25.8 Å². The van der Waals surface area contributed by atoms with E-state index in [0.29, 0.717) is 5.56 Å². The third-order valence-corrected chi connectivity index (χ3v) is 5.44. The van der Waals surface area contributed by atoms with E-state index in [2.05, 4.69) is 15.0 Å². The average molecular weight is 408 g/mol. The number of aliphatic hydroxyl groups is 3. The van der Waals surface area contributed by atoms with Crippen LogP contribution >= 0.6 is 11.6 Å². The number of halogens is 1. The second-order valence-corrected chi connectivity index (χ2v) is 7.22. The molecule has 6 N–H and O–H groups in total. The molecule has 1 aromatic carbocycles. The Kier molecular flexibility index (Phi) is 4.40. The number of alkyl halides is 1. The third kappa shape index (κ3) is 2.61. The van der Waals surface area contributed by atoms with Gasteiger partial charge in [-0.05, 0) is 5.56 Å². The fraction of sp³-hybridized carbons (Fsp3) is 0.353. The Morgan fingerprint density at radius 1 is 1.36 bits per heavy atom. The first-order valence-electron chi connectivity index (χ1n) is 8.45. The molecule has 4 rings (SSSR count). The lowest BCUT2D eigenvalue weighted by molar-refractivity contribution is -0.159. The minimum Gasteiger partial charge on any atom is -0.394 e. The summed E-state index contributed by atoms with van der Waals surface area (Å²) in [6.07, 6.45) is -1.58. The van der Waals surface area contributed by atoms with E-state index in [1.165, 1.54) is 10.9 Å². The summed E-state index contributed by atoms with van der Waals surface area (Å²) in [7, 11) is 0. The van der Waals surface area contributed by atoms with Crippen LogP contribution in [-0.2, 0) is 16.9 Å². The maximum Gasteiger partial charge on any atom is 0.280 e. The van der Waals surface area contributed by atoms with Gasteiger partial charge in [-0.15, -0.1) is 0 Å². The summed E-state index contributed by atoms with van der Waals surface area (Å²) in [5.74, 6) is -0.163. The first kappa shape index (κ1) is 18.8. The predicted octanol–water partition coefficient (Wildman–Crippen LogP) is -0.723. The number of imidazole rings is 1. The monoisotopic (exact) mass is 407 g/mol. The lowest BCUT2D eigenvalue weighted by Gasteiger charge is -2.38. The van der Waals surface area contributed by atoms with Crippen LogP contribution < -0.4 is 11.3 Å². The first-order chi connectivity index (χ1) is 13.3. The number of nitrogens with one attached hydrogen (secondary N) is 1. The van der Waals surface area contributed by atoms with Crippen LogP contribution in [0.1, 0.15) is 5.56 Å². The van der Waals surface area contributed by atoms with Crippen LogP contribution in [0.3, 0.4) is 0 Å². The molecular formula is C17H18ClN5O5. The zero-order valence-electron chi connectivity index (χ0n) is 14.5. The van der Waals surface area contributed by atoms with Crippen LogP contribution in [0.5, 0.6) is 0 Å². The van der Waals surface area contributed by atoms with E-state index < -0.39 is 35.2 Å². The van der Waals surface area contributed by atoms with E-state index in [1.807, 2.05) is 6.07 Å². The number of benzene rings is 1. The molecule has 0 bridgehead atoms. The van der Waals surface area contributed by atoms with E-state index in [9.17, 15) is 20.1 Å². The SMILES string of the molecule is Nc1nc2c(ncn2[C@]2(Cc3ccccc3)O[C@H](CO)[C@@H](O)[C@]2(O)Cl)c(=O)[nH]1. The van der Waals surface area contributed by atoms with Crippen molar-refractivity contribution in [3.8, 4) is 0 Å². The number of aliphatic hydroxyl groups excluding tert-OH is 2. The molecule has 0 aliphatic carbocycles. The van der Waals surface area contributed by atoms with Gasteiger partial charge in [-0.2, -0.15) is 4.98 Å². The molecule has 1 aliphatic rings. The molecule has 1 saturated heterocycles. The maximum atomic E-state index is 12.2. The Bertz CT molecular complexity index is 1070. The number of aromatic nitrogens is 4. The number of fused-ring (bicyclic) bond motifs is 1. The highest BCUT2D eigenvalue weighted by molar-refractivity contribution is 6.24. The molecule has 1 aliphatic heterocycles. The average Bonchev–Trinajstić information content (AvgIpc) is 3.16. The predicted molar refractivity (Wildman–Crippen MR) is 99.4 cm³/mol. The number of anilines is 1. The van der Waals surface area contributed by atoms with Crippen molar-refractivity contribution >= 4 is 28.7 Å². The van der Waals surface area contributed by atoms with Crippen molar-refractivity contribution in [2.45, 2.75) is 29.4 Å². The van der Waals surface area contributed by atoms with Crippen molar-refractivity contribution in [1.29, 1.82) is 0 Å². The van der Waals surface area contributed by atoms with Gasteiger partial charge in [0.2, 0.25) is 11.0 Å². The number of hydrogen-bond donors (Lipinski definition) is 5. The Hall–Kier alpha value is -2.50. The summed E-state index contributed by atoms with van der Waals surface area (Å²) in [4.78, 5) is 22.6. The smallest absolute Gasteiger partial charge is 0.280 e. The molecule has 1 fully saturated rings. The first-order valence-corrected chi connectivity index (χ1v) is 8.83. The summed E-state index contributed by atoms with van der Waals surface area (Å²) >= 11 is 6.41. The number of nitrogens with two attached hydrogens (primary N) is 1. The van der Waals surface area contributed by atoms with Crippen LogP contribution in [0.25, 0.3) is 11.2 Å². The highest BCUT2D eigenvalue weighted by Gasteiger charge is 2.66. The van der Waals surface area contributed by atoms with Crippen molar-refractivity contribution in [3.05, 3.63) is 52.6 Å². The number of rotatable bonds is 4. The number of ether oxygens (including phenoxy) is 1. The molecule has 3 heterocycles. The van der Waals surface area contributed by atoms with Gasteiger partial charge in [0.05, 0.1) is 12.9 Å². The minimum atomic E-state index is -2.37. The molecule has 28 heavy (non-hydrogen) atoms. The van der Waals surface area contributed by atoms with Gasteiger partial charge in [0.1, 0.15) is 12.2 Å². The van der Waals surface area contributed by atoms with Crippen molar-refractivity contribution in [1.82, 2.24) is 19.5 Å². The zero-order valence-corrected chi connectivity index (χ0v) is 15.2. The molecule has 3 aromatic rings. The molecular weight excluding hydrogens is 390 g/mol. The highest BCUT2D eigenvalue weighted by atomic mass is 35.5. The number of H-pyrrole nitrogens is 1. The maximum absolute atomic E-state index is 12.2. The van der Waals surface area contributed by atoms with E-state index in [1.54, 1.807) is 24.3 Å². The molecule has 0 saturated carbocycles. The topological polar surface area (TPSA) is 160 Å². The number of hydrogen-bond acceptors (Lipinski definition) is 8. The Labute approximate surface area is 163 Å². The number of nitrogens with zero attached hydrogens (tertiary/aromatic N) is 3. The molecule has 4 atom stereocenters. The molecule has 148 valence electrons. The van der Waals surface area contributed by atoms with Gasteiger partial charge in [-0.25, -0.2) is 4.98 Å². The molecule has 2 aromatic heterocycles. The van der Waals surface area contributed by atoms with E-state index in [4.69, 9.17) is 22.1 Å². The van der Waals surface area contributed by atoms with Crippen LogP contribution in [-0.4, -0.2) is 58.7 Å². The quantitative estimate of drug-likeness (QED) is 0.354. The van der Waals surface area contributed by atoms with Gasteiger partial charge in [-0.3, -0.25) is 14.3 Å². The van der Waals surface area contributed by atoms with Gasteiger partial charge in [-0.1, -0.05) is 41.9 Å². The van der Waals surface area contributed by atoms with Crippen molar-refractivity contribution in [2.24, 2.45) is 0 Å². The van der Waals surface area contributed by atoms with Crippen molar-refractivity contribution in [2.75, 3.05) is 12.3 Å². The second-order valence-electron chi connectivity index (χ2n) is 6.64. The fourth-order valence-electron chi connectivity index (χ4n) is 3.55. The summed E-state index contributed by atoms with van der Waals surface area (Å²) < 4.78 is 7.18. The molecule has 10 nitrogen and oxygen atoms in total. The van der Waals surface area contributed by atoms with E-state index in [0.717, 1.165) is 0 Å². The van der Waals surface area contributed by atoms with Crippen molar-refractivity contribution in [3.63, 3.8) is 0 Å². The van der Waals surface area contributed by atoms with Gasteiger partial charge >= 0.3 is 0 Å². The zero-order chi connectivity index (χ0) is 20.1. The fourth-order valence-corrected chi connectivity index (χ4v) is 3.89. The summed E-state index contributed by atoms with van der Waals surface area (Å²) in [5, 5.41) is 28.8. The van der Waals surface area contributed by atoms with Gasteiger partial charge in [0.15, 0.2) is 16.9 Å². The summed E-state index contributed by atoms with van der Waals surface area (Å²) in [5.41, 5.74) is 3.94. The third-order valence-electron chi connectivity index (χ3n) is 4.92. The molecule has 0 unspecified atom stereocenters. The Morgan fingerprint density at radius 3 is 2.71 bits per heavy atom. The normalized spacial score (nSPS) is 30.1. The highest BCUT2D eigenvalue weighted by Crippen LogP contribution is 2.49. The van der Waals surface area contributed by atoms with Gasteiger partial charge in [0, 0.05) is 6.42 Å². The van der Waals surface area contributed by atoms with Crippen LogP contribution in [0.2, 0.25) is 0 Å². The standard InChI is InChI=1S/C17H18ClN5O5/c18-17(27)12(25)10(7-24)28-16(17,6-9-4-2-1-3-5-9)23-8-20-11-13(23)21-15(19)22-14(11)26/h1-5,8,10,12,24-25,27H,6-7H2,(H3,19,21,22,26)/t10-,12-,16-,17-/m1/s1. The van der Waals surface area contributed by atoms with Crippen LogP contribution in [0.15, 0.2) is 41.5 Å². The lowest BCUT2D eigenvalue weighted by atomic mass is 9.94. The molecule has 0 amide bonds. The summed E-state index contributed by atoms with van der Waals surface area (Å²) in [6, 6.07) is 8.96. The lowest BCUT2D eigenvalue weighted by Crippen LogP contribution is -2.55. The second kappa shape index (κ2) is 6.54. The van der Waals surface area contributed by atoms with E-state index in [-0.39, 0.29) is 23.5 Å². The summed E-state index contributed by atoms with van der Waals surface area (Å²) in [6.45, 7) is -0.588. The van der Waals surface area contributed by atoms with Gasteiger partial charge in [0.25, 0.3) is 5.56 Å². The van der Waals surface area contributed by atoms with E-state index >= 15 is 0 Å². The number of nitrogen functional groups attached to an aromatic ring is 1. The number of aromatic amines is 1. The van der Waals surface area contributed by atoms with Crippen LogP contribution in [0.4, 0.5) is 5.95 Å². The van der Waals surface area contributed by atoms with Crippen molar-refractivity contribution < 1.29 is 20.1 Å². The molecule has 11 heteroatoms. The molecule has 0 spiro atoms. The Balaban J connectivity index is 1.99. The minimum absolute atomic E-state index is 0.0127. The Morgan fingerprint density at radius 2 is 2.07 bits per heavy atom. The molecule has 0 radical (unpaired) electrons. The van der Waals surface area contributed by atoms with Crippen LogP contribution in [0, 0.1) is 0 Å². The largest absolute Gasteiger partial charge is 0.394 e.